The minimum absolute atomic E-state index is 0.0253. The number of likely N-dealkylation sites (tertiary alicyclic amines) is 1. The van der Waals surface area contributed by atoms with Gasteiger partial charge in [0.2, 0.25) is 0 Å². The van der Waals surface area contributed by atoms with Crippen LogP contribution in [-0.4, -0.2) is 103 Å². The molecule has 6 rings (SSSR count). The Morgan fingerprint density at radius 2 is 1.20 bits per heavy atom. The van der Waals surface area contributed by atoms with Crippen LogP contribution in [-0.2, 0) is 31.7 Å². The van der Waals surface area contributed by atoms with Crippen LogP contribution in [0.5, 0.6) is 0 Å². The van der Waals surface area contributed by atoms with Gasteiger partial charge < -0.3 is 19.6 Å². The predicted octanol–water partition coefficient (Wildman–Crippen LogP) is 2.95. The summed E-state index contributed by atoms with van der Waals surface area (Å²) in [6, 6.07) is 0. The third kappa shape index (κ3) is 7.56. The number of nitrogens with one attached hydrogen (secondary N) is 2. The molecule has 0 aromatic carbocycles. The summed E-state index contributed by atoms with van der Waals surface area (Å²) in [7, 11) is 3.38. The molecule has 2 fully saturated rings. The summed E-state index contributed by atoms with van der Waals surface area (Å²) in [5.74, 6) is 3.31. The Morgan fingerprint density at radius 3 is 1.66 bits per heavy atom. The number of aromatic nitrogens is 4. The van der Waals surface area contributed by atoms with Gasteiger partial charge in [-0.2, -0.15) is 0 Å². The minimum Gasteiger partial charge on any atom is -0.379 e. The van der Waals surface area contributed by atoms with Crippen molar-refractivity contribution >= 4 is 69.7 Å². The Bertz CT molecular complexity index is 1560. The third-order valence-corrected chi connectivity index (χ3v) is 10.2. The standard InChI is InChI=1S/C13H18N4O2S2.C13H18N4OS2/c1-16-12(18)9-8-10(14-11(9)15-13(16)20)21-7-4-17-2-5-19-6-3-17;1-16-12(18)9-8-10(14-11(9)15-13(16)19)20-7-6-17-4-2-3-5-17/h2-8H2,1H3,(H,15,20);2-8H2,1H3,(H,15,19). The summed E-state index contributed by atoms with van der Waals surface area (Å²) in [5, 5.41) is 2.01. The first kappa shape index (κ1) is 30.6. The van der Waals surface area contributed by atoms with Gasteiger partial charge in [-0.3, -0.25) is 23.6 Å². The molecular formula is C26H36N8O3S4. The van der Waals surface area contributed by atoms with Gasteiger partial charge >= 0.3 is 0 Å². The molecule has 0 radical (unpaired) electrons. The molecule has 0 unspecified atom stereocenters. The van der Waals surface area contributed by atoms with Gasteiger partial charge in [-0.15, -0.1) is 23.5 Å². The Labute approximate surface area is 257 Å². The molecule has 6 heterocycles. The van der Waals surface area contributed by atoms with Gasteiger partial charge in [-0.05, 0) is 50.4 Å². The highest BCUT2D eigenvalue weighted by Gasteiger charge is 2.22. The van der Waals surface area contributed by atoms with Crippen LogP contribution in [0.3, 0.4) is 0 Å². The fraction of sp³-hybridized carbons (Fsp3) is 0.615. The molecule has 2 aromatic heterocycles. The minimum atomic E-state index is -0.0405. The molecule has 2 N–H and O–H groups in total. The second kappa shape index (κ2) is 14.1. The number of morpholine rings is 1. The van der Waals surface area contributed by atoms with Gasteiger partial charge in [0.25, 0.3) is 11.1 Å². The maximum absolute atomic E-state index is 12.1. The van der Waals surface area contributed by atoms with Crippen molar-refractivity contribution in [2.45, 2.75) is 25.7 Å². The van der Waals surface area contributed by atoms with Crippen LogP contribution in [0.1, 0.15) is 24.0 Å². The van der Waals surface area contributed by atoms with Crippen LogP contribution in [0.25, 0.3) is 0 Å². The van der Waals surface area contributed by atoms with E-state index in [1.54, 1.807) is 37.6 Å². The first-order valence-electron chi connectivity index (χ1n) is 13.9. The molecule has 11 nitrogen and oxygen atoms in total. The molecule has 0 saturated carbocycles. The van der Waals surface area contributed by atoms with Crippen molar-refractivity contribution in [2.24, 2.45) is 24.1 Å². The lowest BCUT2D eigenvalue weighted by atomic mass is 10.2. The van der Waals surface area contributed by atoms with Crippen LogP contribution in [0.2, 0.25) is 0 Å². The lowest BCUT2D eigenvalue weighted by molar-refractivity contribution is 0.0410. The second-order valence-corrected chi connectivity index (χ2v) is 13.4. The lowest BCUT2D eigenvalue weighted by Gasteiger charge is -2.26. The summed E-state index contributed by atoms with van der Waals surface area (Å²) >= 11 is 13.7. The zero-order valence-corrected chi connectivity index (χ0v) is 26.7. The number of thioether (sulfide) groups is 2. The molecule has 222 valence electrons. The summed E-state index contributed by atoms with van der Waals surface area (Å²) in [4.78, 5) is 44.1. The van der Waals surface area contributed by atoms with E-state index in [1.165, 1.54) is 35.1 Å². The van der Waals surface area contributed by atoms with E-state index in [0.717, 1.165) is 72.1 Å². The number of nitrogens with zero attached hydrogens (tertiary/aromatic N) is 6. The summed E-state index contributed by atoms with van der Waals surface area (Å²) in [5.41, 5.74) is 1.40. The molecule has 0 aliphatic carbocycles. The first-order chi connectivity index (χ1) is 19.8. The molecule has 0 bridgehead atoms. The number of fused-ring (bicyclic) bond motifs is 2. The Morgan fingerprint density at radius 1 is 0.756 bits per heavy atom. The van der Waals surface area contributed by atoms with Crippen LogP contribution in [0, 0.1) is 9.54 Å². The number of aliphatic imine (C=N–C) groups is 2. The van der Waals surface area contributed by atoms with E-state index in [2.05, 4.69) is 29.8 Å². The zero-order chi connectivity index (χ0) is 28.9. The quantitative estimate of drug-likeness (QED) is 0.462. The number of ether oxygens (including phenoxy) is 1. The monoisotopic (exact) mass is 636 g/mol. The molecular weight excluding hydrogens is 601 g/mol. The molecule has 2 aromatic rings. The second-order valence-electron chi connectivity index (χ2n) is 10.3. The van der Waals surface area contributed by atoms with Gasteiger partial charge in [0.05, 0.1) is 34.4 Å². The van der Waals surface area contributed by atoms with Crippen LogP contribution >= 0.6 is 48.0 Å². The van der Waals surface area contributed by atoms with E-state index in [0.29, 0.717) is 34.0 Å². The summed E-state index contributed by atoms with van der Waals surface area (Å²) in [6.45, 7) is 8.22. The van der Waals surface area contributed by atoms with E-state index in [4.69, 9.17) is 29.2 Å². The summed E-state index contributed by atoms with van der Waals surface area (Å²) in [6.07, 6.45) is 3.90. The number of hydrogen-bond acceptors (Lipinski definition) is 11. The highest BCUT2D eigenvalue weighted by Crippen LogP contribution is 2.27. The average molecular weight is 637 g/mol. The van der Waals surface area contributed by atoms with Crippen molar-refractivity contribution < 1.29 is 4.74 Å². The maximum Gasteiger partial charge on any atom is 0.259 e. The molecule has 0 atom stereocenters. The lowest BCUT2D eigenvalue weighted by Crippen LogP contribution is -2.37. The Kier molecular flexibility index (Phi) is 10.5. The molecule has 41 heavy (non-hydrogen) atoms. The molecule has 4 aliphatic heterocycles. The van der Waals surface area contributed by atoms with Crippen LogP contribution in [0.15, 0.2) is 19.6 Å². The maximum atomic E-state index is 12.1. The van der Waals surface area contributed by atoms with E-state index >= 15 is 0 Å². The van der Waals surface area contributed by atoms with Gasteiger partial charge in [0, 0.05) is 64.6 Å². The number of hydrogen-bond donors (Lipinski definition) is 2. The Hall–Kier alpha value is -1.88. The SMILES string of the molecule is Cn1c(=S)[nH]c2c(c1=O)CC(SCCN1CCCC1)=N2.Cn1c(=S)[nH]c2c(c1=O)CC(SCCN1CCOCC1)=N2. The molecule has 0 spiro atoms. The van der Waals surface area contributed by atoms with Crippen molar-refractivity contribution in [3.05, 3.63) is 41.4 Å². The van der Waals surface area contributed by atoms with Gasteiger partial charge in [-0.1, -0.05) is 0 Å². The largest absolute Gasteiger partial charge is 0.379 e. The van der Waals surface area contributed by atoms with Crippen molar-refractivity contribution in [1.82, 2.24) is 28.9 Å². The highest BCUT2D eigenvalue weighted by molar-refractivity contribution is 8.14. The van der Waals surface area contributed by atoms with E-state index in [-0.39, 0.29) is 11.1 Å². The number of H-pyrrole nitrogens is 2. The number of rotatable bonds is 6. The van der Waals surface area contributed by atoms with Crippen LogP contribution < -0.4 is 11.1 Å². The zero-order valence-electron chi connectivity index (χ0n) is 23.4. The van der Waals surface area contributed by atoms with Crippen LogP contribution in [0.4, 0.5) is 11.6 Å². The molecule has 15 heteroatoms. The van der Waals surface area contributed by atoms with Crippen molar-refractivity contribution in [3.8, 4) is 0 Å². The van der Waals surface area contributed by atoms with E-state index < -0.39 is 0 Å². The topological polar surface area (TPSA) is 116 Å². The van der Waals surface area contributed by atoms with Crippen molar-refractivity contribution in [3.63, 3.8) is 0 Å². The Balaban J connectivity index is 0.000000165. The van der Waals surface area contributed by atoms with Gasteiger partial charge in [0.15, 0.2) is 9.54 Å². The summed E-state index contributed by atoms with van der Waals surface area (Å²) < 4.78 is 9.12. The highest BCUT2D eigenvalue weighted by atomic mass is 32.2. The predicted molar refractivity (Wildman–Crippen MR) is 173 cm³/mol. The van der Waals surface area contributed by atoms with Gasteiger partial charge in [0.1, 0.15) is 11.6 Å². The molecule has 0 amide bonds. The average Bonchev–Trinajstić information content (AvgIpc) is 3.72. The number of aromatic amines is 2. The molecule has 4 aliphatic rings. The van der Waals surface area contributed by atoms with Crippen molar-refractivity contribution in [1.29, 1.82) is 0 Å². The fourth-order valence-corrected chi connectivity index (χ4v) is 7.37. The normalized spacial score (nSPS) is 18.5. The third-order valence-electron chi connectivity index (χ3n) is 7.54. The smallest absolute Gasteiger partial charge is 0.259 e. The van der Waals surface area contributed by atoms with Crippen molar-refractivity contribution in [2.75, 3.05) is 64.0 Å². The first-order valence-corrected chi connectivity index (χ1v) is 16.7. The van der Waals surface area contributed by atoms with E-state index in [9.17, 15) is 9.59 Å². The van der Waals surface area contributed by atoms with Gasteiger partial charge in [-0.25, -0.2) is 9.98 Å². The molecule has 2 saturated heterocycles. The van der Waals surface area contributed by atoms with E-state index in [1.807, 2.05) is 0 Å². The fourth-order valence-electron chi connectivity index (χ4n) is 5.04.